The quantitative estimate of drug-likeness (QED) is 0.212. The fourth-order valence-electron chi connectivity index (χ4n) is 5.40. The molecule has 4 aliphatic heterocycles. The first-order valence-electron chi connectivity index (χ1n) is 14.4. The largest absolute Gasteiger partial charge is 2.00 e. The van der Waals surface area contributed by atoms with Gasteiger partial charge in [0.15, 0.2) is 4.46 Å². The third kappa shape index (κ3) is 13.5. The summed E-state index contributed by atoms with van der Waals surface area (Å²) in [5, 5.41) is 0. The number of rotatable bonds is 0. The third-order valence-electron chi connectivity index (χ3n) is 8.51. The van der Waals surface area contributed by atoms with Crippen LogP contribution in [-0.2, 0) is 33.8 Å². The van der Waals surface area contributed by atoms with Crippen molar-refractivity contribution in [2.24, 2.45) is 0 Å². The number of hydrogen-bond donors (Lipinski definition) is 0. The summed E-state index contributed by atoms with van der Waals surface area (Å²) in [6.07, 6.45) is 2.05. The molecule has 0 aromatic rings. The van der Waals surface area contributed by atoms with Gasteiger partial charge in [0.05, 0.1) is 0 Å². The summed E-state index contributed by atoms with van der Waals surface area (Å²) in [6.45, 7) is 17.8. The first-order valence-corrected chi connectivity index (χ1v) is 16.0. The maximum absolute atomic E-state index is 6.63. The van der Waals surface area contributed by atoms with Gasteiger partial charge in [0.1, 0.15) is 11.0 Å². The van der Waals surface area contributed by atoms with Gasteiger partial charge >= 0.3 is 33.8 Å². The van der Waals surface area contributed by atoms with Gasteiger partial charge in [0.25, 0.3) is 0 Å². The van der Waals surface area contributed by atoms with E-state index in [1.165, 1.54) is 13.0 Å². The molecule has 0 aromatic heterocycles. The van der Waals surface area contributed by atoms with Crippen LogP contribution >= 0.6 is 46.4 Å². The van der Waals surface area contributed by atoms with Crippen molar-refractivity contribution in [1.29, 1.82) is 0 Å². The molecule has 0 aliphatic carbocycles. The first-order chi connectivity index (χ1) is 18.0. The molecule has 4 fully saturated rings. The fraction of sp³-hybridized carbons (Fsp3) is 1.00. The van der Waals surface area contributed by atoms with Crippen molar-refractivity contribution in [2.45, 2.75) is 28.3 Å². The molecule has 14 heteroatoms. The zero-order chi connectivity index (χ0) is 27.7. The van der Waals surface area contributed by atoms with Crippen molar-refractivity contribution in [3.8, 4) is 0 Å². The van der Waals surface area contributed by atoms with Crippen molar-refractivity contribution in [2.75, 3.05) is 139 Å². The summed E-state index contributed by atoms with van der Waals surface area (Å²) in [7, 11) is 8.69. The van der Waals surface area contributed by atoms with Crippen LogP contribution in [0, 0.1) is 0 Å². The molecule has 4 bridgehead atoms. The summed E-state index contributed by atoms with van der Waals surface area (Å²) in [5.41, 5.74) is -0.186. The summed E-state index contributed by atoms with van der Waals surface area (Å²) in [4.78, 5) is 18.9. The van der Waals surface area contributed by atoms with Crippen LogP contribution in [0.15, 0.2) is 0 Å². The molecule has 0 saturated carbocycles. The zero-order valence-electron chi connectivity index (χ0n) is 24.8. The molecule has 8 nitrogen and oxygen atoms in total. The van der Waals surface area contributed by atoms with Crippen molar-refractivity contribution in [3.63, 3.8) is 0 Å². The second-order valence-corrected chi connectivity index (χ2v) is 14.0. The number of likely N-dealkylation sites (N-methyl/N-ethyl adjacent to an activating group) is 4. The zero-order valence-corrected chi connectivity index (χ0v) is 29.8. The van der Waals surface area contributed by atoms with E-state index in [9.17, 15) is 0 Å². The molecule has 0 aromatic carbocycles. The minimum Gasteiger partial charge on any atom is -0.305 e. The second-order valence-electron chi connectivity index (χ2n) is 11.6. The molecule has 4 atom stereocenters. The van der Waals surface area contributed by atoms with Crippen LogP contribution in [0.5, 0.6) is 0 Å². The first kappa shape index (κ1) is 39.9. The normalized spacial score (nSPS) is 36.0. The van der Waals surface area contributed by atoms with E-state index in [-0.39, 0.29) is 44.8 Å². The van der Waals surface area contributed by atoms with Gasteiger partial charge in [0.2, 0.25) is 0 Å². The molecule has 4 unspecified atom stereocenters. The van der Waals surface area contributed by atoms with Crippen molar-refractivity contribution in [1.82, 2.24) is 39.2 Å². The third-order valence-corrected chi connectivity index (χ3v) is 10.5. The van der Waals surface area contributed by atoms with Crippen LogP contribution in [0.4, 0.5) is 0 Å². The second kappa shape index (κ2) is 20.1. The van der Waals surface area contributed by atoms with Gasteiger partial charge in [-0.25, -0.2) is 0 Å². The summed E-state index contributed by atoms with van der Waals surface area (Å²) in [6, 6.07) is 0. The Morgan fingerprint density at radius 3 is 1.40 bits per heavy atom. The number of halogens is 4. The van der Waals surface area contributed by atoms with Gasteiger partial charge in [-0.2, -0.15) is 0 Å². The maximum Gasteiger partial charge on any atom is 2.00 e. The Bertz CT molecular complexity index is 649. The molecule has 0 N–H and O–H groups in total. The average molecular weight is 741 g/mol. The Hall–Kier alpha value is 1.87. The van der Waals surface area contributed by atoms with E-state index in [0.29, 0.717) is 0 Å². The van der Waals surface area contributed by atoms with E-state index in [4.69, 9.17) is 46.4 Å². The van der Waals surface area contributed by atoms with E-state index in [1.54, 1.807) is 0 Å². The molecule has 2 radical (unpaired) electrons. The monoisotopic (exact) mass is 738 g/mol. The fourth-order valence-corrected chi connectivity index (χ4v) is 6.61. The number of hydrogen-bond acceptors (Lipinski definition) is 8. The molecular weight excluding hydrogens is 689 g/mol. The SMILES string of the molecule is CN1CCCN2CCN(C)CCC(Cl)(Cl)N(CC1)CC2.CN1CCN2CCN(C)CCN(CC1)C(Cl)C2Cl.[Co+2].[Cu+2]. The Labute approximate surface area is 285 Å². The van der Waals surface area contributed by atoms with Crippen LogP contribution in [0.1, 0.15) is 12.8 Å². The predicted octanol–water partition coefficient (Wildman–Crippen LogP) is 2.00. The Morgan fingerprint density at radius 1 is 0.500 bits per heavy atom. The smallest absolute Gasteiger partial charge is 0.305 e. The van der Waals surface area contributed by atoms with E-state index >= 15 is 0 Å². The van der Waals surface area contributed by atoms with Gasteiger partial charge in [-0.3, -0.25) is 14.7 Å². The van der Waals surface area contributed by atoms with Crippen LogP contribution in [-0.4, -0.2) is 194 Å². The summed E-state index contributed by atoms with van der Waals surface area (Å²) < 4.78 is -0.739. The van der Waals surface area contributed by atoms with Gasteiger partial charge in [0, 0.05) is 105 Å². The topological polar surface area (TPSA) is 25.9 Å². The summed E-state index contributed by atoms with van der Waals surface area (Å²) >= 11 is 26.4. The van der Waals surface area contributed by atoms with Gasteiger partial charge in [-0.15, -0.1) is 23.2 Å². The molecule has 4 aliphatic rings. The predicted molar refractivity (Wildman–Crippen MR) is 164 cm³/mol. The molecule has 4 saturated heterocycles. The van der Waals surface area contributed by atoms with Crippen molar-refractivity contribution >= 4 is 46.4 Å². The Balaban J connectivity index is 0.000000383. The van der Waals surface area contributed by atoms with Crippen LogP contribution in [0.25, 0.3) is 0 Å². The molecule has 0 amide bonds. The van der Waals surface area contributed by atoms with E-state index < -0.39 is 4.46 Å². The molecule has 4 heterocycles. The summed E-state index contributed by atoms with van der Waals surface area (Å²) in [5.74, 6) is 0. The average Bonchev–Trinajstić information content (AvgIpc) is 2.96. The van der Waals surface area contributed by atoms with E-state index in [2.05, 4.69) is 67.4 Å². The van der Waals surface area contributed by atoms with Gasteiger partial charge in [-0.05, 0) is 47.7 Å². The molecular formula is C26H52Cl4CoCuN8+4. The van der Waals surface area contributed by atoms with Crippen LogP contribution < -0.4 is 0 Å². The molecule has 4 rings (SSSR count). The minimum atomic E-state index is -0.739. The molecule has 40 heavy (non-hydrogen) atoms. The number of alkyl halides is 4. The van der Waals surface area contributed by atoms with Gasteiger partial charge in [-0.1, -0.05) is 23.2 Å². The van der Waals surface area contributed by atoms with E-state index in [1.807, 2.05) is 0 Å². The molecule has 0 spiro atoms. The van der Waals surface area contributed by atoms with Crippen LogP contribution in [0.3, 0.4) is 0 Å². The van der Waals surface area contributed by atoms with E-state index in [0.717, 1.165) is 111 Å². The number of fused-ring (bicyclic) bond motifs is 6. The van der Waals surface area contributed by atoms with Crippen LogP contribution in [0.2, 0.25) is 0 Å². The maximum atomic E-state index is 6.63. The van der Waals surface area contributed by atoms with Crippen molar-refractivity contribution in [3.05, 3.63) is 0 Å². The Kier molecular flexibility index (Phi) is 20.0. The van der Waals surface area contributed by atoms with Crippen molar-refractivity contribution < 1.29 is 33.8 Å². The minimum absolute atomic E-state index is 0. The standard InChI is InChI=1S/C14H28Cl2N4.C12H24Cl2N4.Co.Cu/c1-17-5-3-6-19-10-8-18(2)7-4-14(15,16)20(12-9-17)13-11-19;1-15-3-7-17-9-5-16(2)6-10-18(8-4-15)12(14)11(17)13;;/h3-13H2,1-2H3;11-12H,3-10H2,1-2H3;;/q;;2*+2. The number of nitrogens with zero attached hydrogens (tertiary/aromatic N) is 8. The Morgan fingerprint density at radius 2 is 0.875 bits per heavy atom. The van der Waals surface area contributed by atoms with Gasteiger partial charge < -0.3 is 24.5 Å². The molecule has 240 valence electrons.